The molecule has 0 aliphatic carbocycles. The SMILES string of the molecule is CC(=O)Nc1cc(-c2c(-c3ccccc3)noc2C)ccc1NC(=O)C=S(=O)=O. The lowest BCUT2D eigenvalue weighted by molar-refractivity contribution is -0.114. The average Bonchev–Trinajstić information content (AvgIpc) is 3.04. The second-order valence-electron chi connectivity index (χ2n) is 6.14. The molecule has 0 unspecified atom stereocenters. The molecule has 1 heterocycles. The highest BCUT2D eigenvalue weighted by Crippen LogP contribution is 2.37. The van der Waals surface area contributed by atoms with Gasteiger partial charge in [0.05, 0.1) is 16.9 Å². The zero-order chi connectivity index (χ0) is 21.0. The van der Waals surface area contributed by atoms with Crippen molar-refractivity contribution in [3.63, 3.8) is 0 Å². The normalized spacial score (nSPS) is 10.3. The second kappa shape index (κ2) is 8.53. The van der Waals surface area contributed by atoms with Gasteiger partial charge in [0.25, 0.3) is 5.91 Å². The molecule has 2 amide bonds. The van der Waals surface area contributed by atoms with Gasteiger partial charge in [-0.2, -0.15) is 8.42 Å². The molecule has 0 saturated carbocycles. The Kier molecular flexibility index (Phi) is 5.89. The van der Waals surface area contributed by atoms with E-state index in [1.807, 2.05) is 30.3 Å². The van der Waals surface area contributed by atoms with E-state index < -0.39 is 16.2 Å². The van der Waals surface area contributed by atoms with Gasteiger partial charge in [-0.3, -0.25) is 9.59 Å². The number of amides is 2. The highest BCUT2D eigenvalue weighted by Gasteiger charge is 2.18. The summed E-state index contributed by atoms with van der Waals surface area (Å²) in [6.07, 6.45) is 0. The first kappa shape index (κ1) is 20.0. The van der Waals surface area contributed by atoms with Crippen LogP contribution >= 0.6 is 0 Å². The van der Waals surface area contributed by atoms with Gasteiger partial charge in [0, 0.05) is 12.5 Å². The molecule has 0 bridgehead atoms. The van der Waals surface area contributed by atoms with Crippen molar-refractivity contribution in [3.05, 3.63) is 54.3 Å². The third kappa shape index (κ3) is 4.77. The summed E-state index contributed by atoms with van der Waals surface area (Å²) in [4.78, 5) is 23.4. The standard InChI is InChI=1S/C20H17N3O5S/c1-12-19(20(23-28-12)14-6-4-3-5-7-14)15-8-9-16(17(10-15)21-13(2)24)22-18(25)11-29(26)27/h3-11H,1-2H3,(H,21,24)(H,22,25). The molecule has 0 fully saturated rings. The van der Waals surface area contributed by atoms with Gasteiger partial charge in [0.1, 0.15) is 16.8 Å². The molecule has 3 aromatic rings. The minimum absolute atomic E-state index is 0.256. The minimum atomic E-state index is -2.64. The number of benzene rings is 2. The lowest BCUT2D eigenvalue weighted by Crippen LogP contribution is -2.16. The van der Waals surface area contributed by atoms with Gasteiger partial charge in [-0.15, -0.1) is 0 Å². The number of nitrogens with one attached hydrogen (secondary N) is 2. The van der Waals surface area contributed by atoms with Crippen molar-refractivity contribution in [1.29, 1.82) is 0 Å². The summed E-state index contributed by atoms with van der Waals surface area (Å²) in [5.74, 6) is -0.590. The smallest absolute Gasteiger partial charge is 0.263 e. The summed E-state index contributed by atoms with van der Waals surface area (Å²) in [7, 11) is -2.64. The van der Waals surface area contributed by atoms with Crippen molar-refractivity contribution in [2.75, 3.05) is 10.6 Å². The zero-order valence-corrected chi connectivity index (χ0v) is 16.4. The van der Waals surface area contributed by atoms with E-state index in [1.165, 1.54) is 6.92 Å². The van der Waals surface area contributed by atoms with Gasteiger partial charge >= 0.3 is 0 Å². The molecule has 0 saturated heterocycles. The third-order valence-corrected chi connectivity index (χ3v) is 4.40. The van der Waals surface area contributed by atoms with Gasteiger partial charge in [-0.1, -0.05) is 41.6 Å². The van der Waals surface area contributed by atoms with Crippen molar-refractivity contribution in [3.8, 4) is 22.4 Å². The fraction of sp³-hybridized carbons (Fsp3) is 0.100. The predicted molar refractivity (Wildman–Crippen MR) is 110 cm³/mol. The Morgan fingerprint density at radius 3 is 2.38 bits per heavy atom. The summed E-state index contributed by atoms with van der Waals surface area (Å²) in [6.45, 7) is 3.11. The van der Waals surface area contributed by atoms with Gasteiger partial charge in [-0.05, 0) is 24.6 Å². The molecular weight excluding hydrogens is 394 g/mol. The number of hydrogen-bond donors (Lipinski definition) is 2. The van der Waals surface area contributed by atoms with Crippen LogP contribution in [-0.4, -0.2) is 30.8 Å². The largest absolute Gasteiger partial charge is 0.360 e. The molecular formula is C20H17N3O5S. The first-order valence-corrected chi connectivity index (χ1v) is 9.66. The maximum atomic E-state index is 11.8. The van der Waals surface area contributed by atoms with Crippen LogP contribution in [-0.2, 0) is 19.9 Å². The van der Waals surface area contributed by atoms with Crippen LogP contribution < -0.4 is 10.6 Å². The highest BCUT2D eigenvalue weighted by atomic mass is 32.2. The van der Waals surface area contributed by atoms with Crippen molar-refractivity contribution in [2.45, 2.75) is 13.8 Å². The van der Waals surface area contributed by atoms with Crippen LogP contribution in [0.25, 0.3) is 22.4 Å². The van der Waals surface area contributed by atoms with E-state index in [1.54, 1.807) is 25.1 Å². The molecule has 0 aliphatic rings. The van der Waals surface area contributed by atoms with E-state index >= 15 is 0 Å². The van der Waals surface area contributed by atoms with E-state index in [2.05, 4.69) is 15.8 Å². The highest BCUT2D eigenvalue weighted by molar-refractivity contribution is 7.73. The number of carbonyl (C=O) groups excluding carboxylic acids is 2. The van der Waals surface area contributed by atoms with E-state index in [4.69, 9.17) is 4.52 Å². The van der Waals surface area contributed by atoms with Crippen molar-refractivity contribution in [2.24, 2.45) is 0 Å². The molecule has 148 valence electrons. The van der Waals surface area contributed by atoms with E-state index in [0.717, 1.165) is 11.1 Å². The number of nitrogens with zero attached hydrogens (tertiary/aromatic N) is 1. The van der Waals surface area contributed by atoms with Crippen LogP contribution in [0.15, 0.2) is 53.1 Å². The first-order valence-electron chi connectivity index (χ1n) is 8.52. The Morgan fingerprint density at radius 1 is 1.00 bits per heavy atom. The Morgan fingerprint density at radius 2 is 1.72 bits per heavy atom. The molecule has 2 aromatic carbocycles. The Balaban J connectivity index is 2.08. The lowest BCUT2D eigenvalue weighted by Gasteiger charge is -2.13. The monoisotopic (exact) mass is 411 g/mol. The fourth-order valence-corrected chi connectivity index (χ4v) is 3.09. The third-order valence-electron chi connectivity index (χ3n) is 3.99. The number of rotatable bonds is 5. The number of aromatic nitrogens is 1. The topological polar surface area (TPSA) is 118 Å². The molecule has 29 heavy (non-hydrogen) atoms. The minimum Gasteiger partial charge on any atom is -0.360 e. The average molecular weight is 411 g/mol. The quantitative estimate of drug-likeness (QED) is 0.623. The van der Waals surface area contributed by atoms with Crippen LogP contribution in [0.1, 0.15) is 12.7 Å². The van der Waals surface area contributed by atoms with E-state index in [0.29, 0.717) is 28.1 Å². The molecule has 1 aromatic heterocycles. The van der Waals surface area contributed by atoms with Crippen molar-refractivity contribution < 1.29 is 22.5 Å². The van der Waals surface area contributed by atoms with Gasteiger partial charge in [-0.25, -0.2) is 0 Å². The Bertz CT molecular complexity index is 1210. The van der Waals surface area contributed by atoms with Crippen LogP contribution in [0.4, 0.5) is 11.4 Å². The zero-order valence-electron chi connectivity index (χ0n) is 15.6. The number of hydrogen-bond acceptors (Lipinski definition) is 6. The maximum Gasteiger partial charge on any atom is 0.263 e. The molecule has 0 radical (unpaired) electrons. The lowest BCUT2D eigenvalue weighted by atomic mass is 9.98. The molecule has 0 aliphatic heterocycles. The number of aryl methyl sites for hydroxylation is 1. The number of carbonyl (C=O) groups is 2. The summed E-state index contributed by atoms with van der Waals surface area (Å²) < 4.78 is 26.7. The summed E-state index contributed by atoms with van der Waals surface area (Å²) in [5, 5.41) is 9.73. The maximum absolute atomic E-state index is 11.8. The van der Waals surface area contributed by atoms with E-state index in [-0.39, 0.29) is 11.6 Å². The Labute approximate surface area is 168 Å². The molecule has 0 spiro atoms. The van der Waals surface area contributed by atoms with Crippen LogP contribution in [0, 0.1) is 6.92 Å². The predicted octanol–water partition coefficient (Wildman–Crippen LogP) is 2.90. The molecule has 2 N–H and O–H groups in total. The van der Waals surface area contributed by atoms with Crippen LogP contribution in [0.2, 0.25) is 0 Å². The summed E-state index contributed by atoms with van der Waals surface area (Å²) in [5.41, 5.74) is 3.53. The van der Waals surface area contributed by atoms with Crippen LogP contribution in [0.3, 0.4) is 0 Å². The summed E-state index contributed by atoms with van der Waals surface area (Å²) in [6, 6.07) is 14.4. The van der Waals surface area contributed by atoms with Crippen molar-refractivity contribution >= 4 is 38.8 Å². The fourth-order valence-electron chi connectivity index (χ4n) is 2.86. The molecule has 0 atom stereocenters. The van der Waals surface area contributed by atoms with Gasteiger partial charge in [0.15, 0.2) is 0 Å². The van der Waals surface area contributed by atoms with E-state index in [9.17, 15) is 18.0 Å². The Hall–Kier alpha value is -3.72. The second-order valence-corrected chi connectivity index (χ2v) is 6.89. The molecule has 3 rings (SSSR count). The first-order chi connectivity index (χ1) is 13.8. The van der Waals surface area contributed by atoms with Crippen LogP contribution in [0.5, 0.6) is 0 Å². The molecule has 8 nitrogen and oxygen atoms in total. The summed E-state index contributed by atoms with van der Waals surface area (Å²) >= 11 is 0. The molecule has 9 heteroatoms. The van der Waals surface area contributed by atoms with Gasteiger partial charge in [0.2, 0.25) is 16.2 Å². The van der Waals surface area contributed by atoms with Crippen molar-refractivity contribution in [1.82, 2.24) is 5.16 Å². The number of anilines is 2. The van der Waals surface area contributed by atoms with Gasteiger partial charge < -0.3 is 15.2 Å².